The molecule has 0 aromatic carbocycles. The Balaban J connectivity index is 1.95. The fourth-order valence-electron chi connectivity index (χ4n) is 1.52. The number of aromatic nitrogens is 2. The minimum Gasteiger partial charge on any atom is -0.361 e. The smallest absolute Gasteiger partial charge is 0.270 e. The molecule has 20 heavy (non-hydrogen) atoms. The molecule has 0 saturated carbocycles. The molecule has 3 N–H and O–H groups in total. The molecule has 0 spiro atoms. The minimum absolute atomic E-state index is 0.274. The summed E-state index contributed by atoms with van der Waals surface area (Å²) in [4.78, 5) is 15.9. The van der Waals surface area contributed by atoms with Crippen LogP contribution in [0.5, 0.6) is 0 Å². The molecular formula is C14H14N4O2. The largest absolute Gasteiger partial charge is 0.361 e. The van der Waals surface area contributed by atoms with Gasteiger partial charge in [0.25, 0.3) is 5.91 Å². The first-order chi connectivity index (χ1) is 9.69. The molecule has 0 saturated heterocycles. The van der Waals surface area contributed by atoms with Crippen molar-refractivity contribution in [2.45, 2.75) is 13.5 Å². The fourth-order valence-corrected chi connectivity index (χ4v) is 1.52. The lowest BCUT2D eigenvalue weighted by Gasteiger charge is -2.02. The highest BCUT2D eigenvalue weighted by molar-refractivity contribution is 5.92. The van der Waals surface area contributed by atoms with Crippen molar-refractivity contribution in [2.24, 2.45) is 5.73 Å². The third kappa shape index (κ3) is 3.67. The van der Waals surface area contributed by atoms with E-state index in [4.69, 9.17) is 10.3 Å². The summed E-state index contributed by atoms with van der Waals surface area (Å²) in [6, 6.07) is 5.11. The Bertz CT molecular complexity index is 650. The first kappa shape index (κ1) is 13.8. The van der Waals surface area contributed by atoms with E-state index in [0.29, 0.717) is 30.2 Å². The van der Waals surface area contributed by atoms with Crippen LogP contribution >= 0.6 is 0 Å². The summed E-state index contributed by atoms with van der Waals surface area (Å²) in [7, 11) is 0. The SMILES string of the molecule is Cc1cc(CNC(=O)c2ccc(C#CCN)cn2)no1. The highest BCUT2D eigenvalue weighted by Crippen LogP contribution is 2.02. The van der Waals surface area contributed by atoms with E-state index in [2.05, 4.69) is 27.3 Å². The Kier molecular flexibility index (Phi) is 4.47. The van der Waals surface area contributed by atoms with Crippen LogP contribution < -0.4 is 11.1 Å². The lowest BCUT2D eigenvalue weighted by atomic mass is 10.2. The first-order valence-corrected chi connectivity index (χ1v) is 6.04. The molecule has 0 aliphatic rings. The van der Waals surface area contributed by atoms with Crippen LogP contribution in [0.1, 0.15) is 27.5 Å². The zero-order valence-electron chi connectivity index (χ0n) is 11.0. The molecule has 2 heterocycles. The van der Waals surface area contributed by atoms with Crippen LogP contribution in [-0.2, 0) is 6.54 Å². The molecule has 1 amide bonds. The number of rotatable bonds is 3. The van der Waals surface area contributed by atoms with Gasteiger partial charge in [-0.1, -0.05) is 17.0 Å². The normalized spacial score (nSPS) is 9.70. The van der Waals surface area contributed by atoms with Gasteiger partial charge in [0.1, 0.15) is 17.1 Å². The second-order valence-electron chi connectivity index (χ2n) is 4.05. The Morgan fingerprint density at radius 2 is 2.35 bits per heavy atom. The number of aryl methyl sites for hydroxylation is 1. The molecule has 102 valence electrons. The second kappa shape index (κ2) is 6.50. The number of hydrogen-bond acceptors (Lipinski definition) is 5. The summed E-state index contributed by atoms with van der Waals surface area (Å²) in [5, 5.41) is 6.50. The number of carbonyl (C=O) groups excluding carboxylic acids is 1. The van der Waals surface area contributed by atoms with E-state index in [0.717, 1.165) is 5.56 Å². The number of carbonyl (C=O) groups is 1. The van der Waals surface area contributed by atoms with Crippen molar-refractivity contribution in [1.82, 2.24) is 15.5 Å². The number of nitrogens with zero attached hydrogens (tertiary/aromatic N) is 2. The maximum atomic E-state index is 11.9. The van der Waals surface area contributed by atoms with Gasteiger partial charge >= 0.3 is 0 Å². The zero-order valence-corrected chi connectivity index (χ0v) is 11.0. The first-order valence-electron chi connectivity index (χ1n) is 6.04. The topological polar surface area (TPSA) is 94.0 Å². The lowest BCUT2D eigenvalue weighted by molar-refractivity contribution is 0.0945. The Morgan fingerprint density at radius 3 is 2.95 bits per heavy atom. The summed E-state index contributed by atoms with van der Waals surface area (Å²) < 4.78 is 4.91. The van der Waals surface area contributed by atoms with Crippen molar-refractivity contribution in [3.05, 3.63) is 47.1 Å². The van der Waals surface area contributed by atoms with Gasteiger partial charge in [-0.3, -0.25) is 4.79 Å². The predicted molar refractivity (Wildman–Crippen MR) is 72.6 cm³/mol. The van der Waals surface area contributed by atoms with E-state index >= 15 is 0 Å². The van der Waals surface area contributed by atoms with Gasteiger partial charge < -0.3 is 15.6 Å². The number of hydrogen-bond donors (Lipinski definition) is 2. The summed E-state index contributed by atoms with van der Waals surface area (Å²) >= 11 is 0. The summed E-state index contributed by atoms with van der Waals surface area (Å²) in [5.41, 5.74) is 6.99. The molecule has 6 heteroatoms. The fraction of sp³-hybridized carbons (Fsp3) is 0.214. The maximum Gasteiger partial charge on any atom is 0.270 e. The molecule has 2 rings (SSSR count). The molecule has 0 fully saturated rings. The van der Waals surface area contributed by atoms with Gasteiger partial charge in [-0.2, -0.15) is 0 Å². The zero-order chi connectivity index (χ0) is 14.4. The Hall–Kier alpha value is -2.65. The lowest BCUT2D eigenvalue weighted by Crippen LogP contribution is -2.23. The van der Waals surface area contributed by atoms with Gasteiger partial charge in [0.15, 0.2) is 0 Å². The van der Waals surface area contributed by atoms with Crippen molar-refractivity contribution in [1.29, 1.82) is 0 Å². The highest BCUT2D eigenvalue weighted by Gasteiger charge is 2.08. The van der Waals surface area contributed by atoms with Crippen LogP contribution in [0.25, 0.3) is 0 Å². The summed E-state index contributed by atoms with van der Waals surface area (Å²) in [6.07, 6.45) is 1.54. The van der Waals surface area contributed by atoms with E-state index in [1.807, 2.05) is 0 Å². The van der Waals surface area contributed by atoms with E-state index in [9.17, 15) is 4.79 Å². The third-order valence-electron chi connectivity index (χ3n) is 2.44. The van der Waals surface area contributed by atoms with Crippen LogP contribution in [0.3, 0.4) is 0 Å². The monoisotopic (exact) mass is 270 g/mol. The van der Waals surface area contributed by atoms with Crippen LogP contribution in [0.2, 0.25) is 0 Å². The molecule has 2 aromatic rings. The molecule has 0 aliphatic heterocycles. The molecule has 0 unspecified atom stereocenters. The van der Waals surface area contributed by atoms with Crippen molar-refractivity contribution in [3.63, 3.8) is 0 Å². The van der Waals surface area contributed by atoms with E-state index in [-0.39, 0.29) is 5.91 Å². The number of nitrogens with two attached hydrogens (primary N) is 1. The Morgan fingerprint density at radius 1 is 1.50 bits per heavy atom. The van der Waals surface area contributed by atoms with Gasteiger partial charge in [0, 0.05) is 17.8 Å². The summed E-state index contributed by atoms with van der Waals surface area (Å²) in [5.74, 6) is 5.99. The number of pyridine rings is 1. The highest BCUT2D eigenvalue weighted by atomic mass is 16.5. The van der Waals surface area contributed by atoms with Crippen molar-refractivity contribution in [3.8, 4) is 11.8 Å². The van der Waals surface area contributed by atoms with Crippen molar-refractivity contribution >= 4 is 5.91 Å². The van der Waals surface area contributed by atoms with E-state index in [1.165, 1.54) is 6.20 Å². The molecule has 0 aliphatic carbocycles. The molecule has 0 bridgehead atoms. The van der Waals surface area contributed by atoms with Crippen LogP contribution in [0, 0.1) is 18.8 Å². The minimum atomic E-state index is -0.274. The van der Waals surface area contributed by atoms with Gasteiger partial charge in [0.2, 0.25) is 0 Å². The molecule has 0 radical (unpaired) electrons. The van der Waals surface area contributed by atoms with Gasteiger partial charge in [0.05, 0.1) is 13.1 Å². The van der Waals surface area contributed by atoms with Gasteiger partial charge in [-0.25, -0.2) is 4.98 Å². The van der Waals surface area contributed by atoms with Crippen LogP contribution in [0.4, 0.5) is 0 Å². The van der Waals surface area contributed by atoms with Gasteiger partial charge in [-0.15, -0.1) is 0 Å². The summed E-state index contributed by atoms with van der Waals surface area (Å²) in [6.45, 7) is 2.38. The third-order valence-corrected chi connectivity index (χ3v) is 2.44. The molecule has 2 aromatic heterocycles. The number of amides is 1. The van der Waals surface area contributed by atoms with Crippen molar-refractivity contribution < 1.29 is 9.32 Å². The Labute approximate surface area is 116 Å². The maximum absolute atomic E-state index is 11.9. The standard InChI is InChI=1S/C14H14N4O2/c1-10-7-12(18-20-10)9-17-14(19)13-5-4-11(8-16-13)3-2-6-15/h4-5,7-8H,6,9,15H2,1H3,(H,17,19). The average Bonchev–Trinajstić information content (AvgIpc) is 2.89. The molecule has 0 atom stereocenters. The van der Waals surface area contributed by atoms with Gasteiger partial charge in [-0.05, 0) is 19.1 Å². The van der Waals surface area contributed by atoms with Crippen LogP contribution in [0.15, 0.2) is 28.9 Å². The van der Waals surface area contributed by atoms with E-state index in [1.54, 1.807) is 25.1 Å². The van der Waals surface area contributed by atoms with Crippen LogP contribution in [-0.4, -0.2) is 22.6 Å². The predicted octanol–water partition coefficient (Wildman–Crippen LogP) is 0.618. The second-order valence-corrected chi connectivity index (χ2v) is 4.05. The molecule has 6 nitrogen and oxygen atoms in total. The molecular weight excluding hydrogens is 256 g/mol. The van der Waals surface area contributed by atoms with Crippen molar-refractivity contribution in [2.75, 3.05) is 6.54 Å². The average molecular weight is 270 g/mol. The quantitative estimate of drug-likeness (QED) is 0.797. The number of nitrogens with one attached hydrogen (secondary N) is 1. The van der Waals surface area contributed by atoms with E-state index < -0.39 is 0 Å².